The van der Waals surface area contributed by atoms with Gasteiger partial charge in [-0.2, -0.15) is 0 Å². The number of carbonyl (C=O) groups excluding carboxylic acids is 1. The summed E-state index contributed by atoms with van der Waals surface area (Å²) >= 11 is 0. The standard InChI is InChI=1S/C15H19NO3/c17-14(4-3-12-2-1-9-19-12)16-13-5-6-15(13)7-10-18-11-8-15/h1-4,9,13H,5-8,10-11H2,(H,16,17)/b4-3+. The molecule has 102 valence electrons. The van der Waals surface area contributed by atoms with Crippen LogP contribution in [0.1, 0.15) is 31.4 Å². The van der Waals surface area contributed by atoms with E-state index in [1.54, 1.807) is 24.5 Å². The van der Waals surface area contributed by atoms with Gasteiger partial charge in [0.1, 0.15) is 5.76 Å². The summed E-state index contributed by atoms with van der Waals surface area (Å²) in [7, 11) is 0. The van der Waals surface area contributed by atoms with Crippen LogP contribution in [0.3, 0.4) is 0 Å². The summed E-state index contributed by atoms with van der Waals surface area (Å²) in [5, 5.41) is 3.12. The summed E-state index contributed by atoms with van der Waals surface area (Å²) in [6.45, 7) is 1.66. The molecule has 0 bridgehead atoms. The molecule has 1 unspecified atom stereocenters. The number of ether oxygens (including phenoxy) is 1. The summed E-state index contributed by atoms with van der Waals surface area (Å²) in [6, 6.07) is 3.94. The summed E-state index contributed by atoms with van der Waals surface area (Å²) < 4.78 is 10.6. The normalized spacial score (nSPS) is 25.4. The number of carbonyl (C=O) groups is 1. The van der Waals surface area contributed by atoms with Crippen molar-refractivity contribution in [2.24, 2.45) is 5.41 Å². The number of hydrogen-bond donors (Lipinski definition) is 1. The second-order valence-electron chi connectivity index (χ2n) is 5.42. The van der Waals surface area contributed by atoms with Crippen LogP contribution in [0.15, 0.2) is 28.9 Å². The van der Waals surface area contributed by atoms with Crippen molar-refractivity contribution in [2.75, 3.05) is 13.2 Å². The highest BCUT2D eigenvalue weighted by molar-refractivity contribution is 5.91. The molecule has 1 saturated heterocycles. The van der Waals surface area contributed by atoms with Crippen molar-refractivity contribution in [3.63, 3.8) is 0 Å². The highest BCUT2D eigenvalue weighted by atomic mass is 16.5. The van der Waals surface area contributed by atoms with Crippen molar-refractivity contribution >= 4 is 12.0 Å². The fraction of sp³-hybridized carbons (Fsp3) is 0.533. The van der Waals surface area contributed by atoms with E-state index in [2.05, 4.69) is 5.32 Å². The molecule has 1 atom stereocenters. The van der Waals surface area contributed by atoms with Gasteiger partial charge in [0.05, 0.1) is 6.26 Å². The molecule has 2 heterocycles. The Hall–Kier alpha value is -1.55. The van der Waals surface area contributed by atoms with Crippen LogP contribution in [0.2, 0.25) is 0 Å². The van der Waals surface area contributed by atoms with Crippen molar-refractivity contribution in [1.82, 2.24) is 5.32 Å². The number of rotatable bonds is 3. The maximum absolute atomic E-state index is 11.9. The van der Waals surface area contributed by atoms with E-state index in [9.17, 15) is 4.79 Å². The van der Waals surface area contributed by atoms with E-state index in [1.165, 1.54) is 6.42 Å². The summed E-state index contributed by atoms with van der Waals surface area (Å²) in [5.74, 6) is 0.663. The van der Waals surface area contributed by atoms with Crippen LogP contribution in [-0.4, -0.2) is 25.2 Å². The topological polar surface area (TPSA) is 51.5 Å². The molecule has 1 saturated carbocycles. The predicted molar refractivity (Wildman–Crippen MR) is 71.4 cm³/mol. The van der Waals surface area contributed by atoms with E-state index in [4.69, 9.17) is 9.15 Å². The maximum Gasteiger partial charge on any atom is 0.244 e. The average Bonchev–Trinajstić information content (AvgIpc) is 2.95. The highest BCUT2D eigenvalue weighted by Crippen LogP contribution is 2.48. The van der Waals surface area contributed by atoms with Crippen LogP contribution in [0, 0.1) is 5.41 Å². The monoisotopic (exact) mass is 261 g/mol. The molecular weight excluding hydrogens is 242 g/mol. The quantitative estimate of drug-likeness (QED) is 0.850. The first-order chi connectivity index (χ1) is 9.28. The highest BCUT2D eigenvalue weighted by Gasteiger charge is 2.47. The molecule has 4 heteroatoms. The SMILES string of the molecule is O=C(/C=C/c1ccco1)NC1CCC12CCOCC2. The van der Waals surface area contributed by atoms with E-state index < -0.39 is 0 Å². The Labute approximate surface area is 112 Å². The molecule has 3 rings (SSSR count). The zero-order valence-electron chi connectivity index (χ0n) is 10.9. The molecule has 0 radical (unpaired) electrons. The van der Waals surface area contributed by atoms with E-state index in [1.807, 2.05) is 6.07 Å². The van der Waals surface area contributed by atoms with Crippen LogP contribution >= 0.6 is 0 Å². The zero-order chi connectivity index (χ0) is 13.1. The predicted octanol–water partition coefficient (Wildman–Crippen LogP) is 2.37. The molecule has 1 aromatic heterocycles. The second-order valence-corrected chi connectivity index (χ2v) is 5.42. The van der Waals surface area contributed by atoms with Gasteiger partial charge in [-0.15, -0.1) is 0 Å². The minimum atomic E-state index is -0.0352. The minimum Gasteiger partial charge on any atom is -0.465 e. The molecule has 1 spiro atoms. The number of hydrogen-bond acceptors (Lipinski definition) is 3. The molecule has 1 amide bonds. The van der Waals surface area contributed by atoms with Gasteiger partial charge in [-0.3, -0.25) is 4.79 Å². The van der Waals surface area contributed by atoms with Gasteiger partial charge in [-0.1, -0.05) is 0 Å². The number of furan rings is 1. The van der Waals surface area contributed by atoms with Gasteiger partial charge in [-0.25, -0.2) is 0 Å². The van der Waals surface area contributed by atoms with Gasteiger partial charge in [-0.05, 0) is 49.3 Å². The lowest BCUT2D eigenvalue weighted by molar-refractivity contribution is -0.122. The molecular formula is C15H19NO3. The largest absolute Gasteiger partial charge is 0.465 e. The van der Waals surface area contributed by atoms with E-state index in [0.29, 0.717) is 17.2 Å². The van der Waals surface area contributed by atoms with Gasteiger partial charge >= 0.3 is 0 Å². The van der Waals surface area contributed by atoms with Crippen LogP contribution < -0.4 is 5.32 Å². The lowest BCUT2D eigenvalue weighted by Gasteiger charge is -2.51. The fourth-order valence-electron chi connectivity index (χ4n) is 3.06. The molecule has 0 aromatic carbocycles. The molecule has 2 aliphatic rings. The molecule has 19 heavy (non-hydrogen) atoms. The maximum atomic E-state index is 11.9. The molecule has 2 fully saturated rings. The Bertz CT molecular complexity index is 458. The van der Waals surface area contributed by atoms with Crippen LogP contribution in [0.5, 0.6) is 0 Å². The zero-order valence-corrected chi connectivity index (χ0v) is 10.9. The van der Waals surface area contributed by atoms with Gasteiger partial charge in [0.15, 0.2) is 0 Å². The Morgan fingerprint density at radius 3 is 2.84 bits per heavy atom. The lowest BCUT2D eigenvalue weighted by atomic mass is 9.60. The first-order valence-electron chi connectivity index (χ1n) is 6.88. The number of amides is 1. The average molecular weight is 261 g/mol. The van der Waals surface area contributed by atoms with Gasteiger partial charge < -0.3 is 14.5 Å². The summed E-state index contributed by atoms with van der Waals surface area (Å²) in [5.41, 5.74) is 0.298. The smallest absolute Gasteiger partial charge is 0.244 e. The van der Waals surface area contributed by atoms with Gasteiger partial charge in [0.2, 0.25) is 5.91 Å². The van der Waals surface area contributed by atoms with Gasteiger partial charge in [0, 0.05) is 25.3 Å². The van der Waals surface area contributed by atoms with E-state index in [-0.39, 0.29) is 5.91 Å². The molecule has 1 aliphatic heterocycles. The molecule has 4 nitrogen and oxygen atoms in total. The molecule has 1 aliphatic carbocycles. The van der Waals surface area contributed by atoms with E-state index >= 15 is 0 Å². The summed E-state index contributed by atoms with van der Waals surface area (Å²) in [6.07, 6.45) is 9.28. The third-order valence-electron chi connectivity index (χ3n) is 4.42. The van der Waals surface area contributed by atoms with Crippen LogP contribution in [0.4, 0.5) is 0 Å². The Morgan fingerprint density at radius 1 is 1.37 bits per heavy atom. The van der Waals surface area contributed by atoms with Crippen LogP contribution in [0.25, 0.3) is 6.08 Å². The lowest BCUT2D eigenvalue weighted by Crippen LogP contribution is -2.56. The Kier molecular flexibility index (Phi) is 3.42. The van der Waals surface area contributed by atoms with Gasteiger partial charge in [0.25, 0.3) is 0 Å². The van der Waals surface area contributed by atoms with E-state index in [0.717, 1.165) is 32.5 Å². The summed E-state index contributed by atoms with van der Waals surface area (Å²) in [4.78, 5) is 11.9. The van der Waals surface area contributed by atoms with Crippen LogP contribution in [-0.2, 0) is 9.53 Å². The first-order valence-corrected chi connectivity index (χ1v) is 6.88. The van der Waals surface area contributed by atoms with Crippen molar-refractivity contribution in [1.29, 1.82) is 0 Å². The molecule has 1 N–H and O–H groups in total. The third kappa shape index (κ3) is 2.59. The molecule has 1 aromatic rings. The van der Waals surface area contributed by atoms with Crippen molar-refractivity contribution in [3.05, 3.63) is 30.2 Å². The van der Waals surface area contributed by atoms with Crippen molar-refractivity contribution < 1.29 is 13.9 Å². The fourth-order valence-corrected chi connectivity index (χ4v) is 3.06. The minimum absolute atomic E-state index is 0.0352. The first kappa shape index (κ1) is 12.5. The Morgan fingerprint density at radius 2 is 2.21 bits per heavy atom. The van der Waals surface area contributed by atoms with Crippen molar-refractivity contribution in [2.45, 2.75) is 31.7 Å². The van der Waals surface area contributed by atoms with Crippen molar-refractivity contribution in [3.8, 4) is 0 Å². The number of nitrogens with one attached hydrogen (secondary N) is 1. The second kappa shape index (κ2) is 5.21. The Balaban J connectivity index is 1.55. The third-order valence-corrected chi connectivity index (χ3v) is 4.42.